The van der Waals surface area contributed by atoms with Gasteiger partial charge in [-0.2, -0.15) is 5.01 Å². The number of amides is 3. The van der Waals surface area contributed by atoms with Gasteiger partial charge < -0.3 is 0 Å². The summed E-state index contributed by atoms with van der Waals surface area (Å²) in [6.07, 6.45) is 2.76. The minimum atomic E-state index is -1.04. The Morgan fingerprint density at radius 2 is 1.42 bits per heavy atom. The third-order valence-corrected chi connectivity index (χ3v) is 7.75. The number of fused-ring (bicyclic) bond motifs is 5. The Balaban J connectivity index is 1.54. The lowest BCUT2D eigenvalue weighted by Gasteiger charge is -2.35. The van der Waals surface area contributed by atoms with Crippen LogP contribution in [-0.4, -0.2) is 39.6 Å². The van der Waals surface area contributed by atoms with Gasteiger partial charge in [-0.3, -0.25) is 19.2 Å². The molecule has 2 bridgehead atoms. The molecular weight excluding hydrogens is 440 g/mol. The number of rotatable bonds is 5. The Kier molecular flexibility index (Phi) is 5.36. The van der Waals surface area contributed by atoms with Crippen molar-refractivity contribution < 1.29 is 19.2 Å². The van der Waals surface area contributed by atoms with Gasteiger partial charge in [-0.25, -0.2) is 5.01 Å². The summed E-state index contributed by atoms with van der Waals surface area (Å²) < 4.78 is 0. The number of aryl methyl sites for hydroxylation is 1. The standard InChI is InChI=1S/C26H25ClN2O4/c1-14-3-5-16(6-4-14)23(30)15(2)28(24(31)17-9-11-20(27)12-10-17)29-25(32)21-18-7-8-19(13-18)22(21)26(29)33/h3-6,9-12,15,18-19,21-22H,7-8,13H2,1-2H3/t15-,18-,19-,21+,22+/m0/s1. The predicted octanol–water partition coefficient (Wildman–Crippen LogP) is 4.31. The van der Waals surface area contributed by atoms with Crippen LogP contribution in [-0.2, 0) is 9.59 Å². The Labute approximate surface area is 197 Å². The first-order valence-electron chi connectivity index (χ1n) is 11.4. The van der Waals surface area contributed by atoms with Gasteiger partial charge in [0.1, 0.15) is 6.04 Å². The lowest BCUT2D eigenvalue weighted by atomic mass is 9.81. The van der Waals surface area contributed by atoms with E-state index >= 15 is 0 Å². The number of halogens is 1. The SMILES string of the molecule is Cc1ccc(C(=O)[C@H](C)N(C(=O)c2ccc(Cl)cc2)N2C(=O)[C@@H]3[C@H]4CC[C@@H](C4)[C@H]3C2=O)cc1. The van der Waals surface area contributed by atoms with E-state index in [-0.39, 0.29) is 35.0 Å². The van der Waals surface area contributed by atoms with Gasteiger partial charge in [-0.15, -0.1) is 0 Å². The molecule has 3 aliphatic rings. The average molecular weight is 465 g/mol. The third-order valence-electron chi connectivity index (χ3n) is 7.50. The zero-order chi connectivity index (χ0) is 23.4. The van der Waals surface area contributed by atoms with Crippen molar-refractivity contribution in [1.82, 2.24) is 10.0 Å². The first kappa shape index (κ1) is 21.8. The molecule has 7 heteroatoms. The minimum Gasteiger partial charge on any atom is -0.292 e. The van der Waals surface area contributed by atoms with Crippen LogP contribution in [0.4, 0.5) is 0 Å². The summed E-state index contributed by atoms with van der Waals surface area (Å²) in [6, 6.07) is 12.2. The molecule has 6 nitrogen and oxygen atoms in total. The third kappa shape index (κ3) is 3.48. The van der Waals surface area contributed by atoms with Crippen LogP contribution >= 0.6 is 11.6 Å². The molecule has 3 fully saturated rings. The predicted molar refractivity (Wildman–Crippen MR) is 122 cm³/mol. The van der Waals surface area contributed by atoms with E-state index in [0.717, 1.165) is 34.8 Å². The van der Waals surface area contributed by atoms with Crippen LogP contribution in [0.1, 0.15) is 52.5 Å². The largest absolute Gasteiger partial charge is 0.292 e. The zero-order valence-electron chi connectivity index (χ0n) is 18.5. The molecular formula is C26H25ClN2O4. The lowest BCUT2D eigenvalue weighted by Crippen LogP contribution is -2.56. The van der Waals surface area contributed by atoms with E-state index in [4.69, 9.17) is 11.6 Å². The monoisotopic (exact) mass is 464 g/mol. The number of imide groups is 1. The molecule has 0 unspecified atom stereocenters. The molecule has 2 aromatic rings. The van der Waals surface area contributed by atoms with Crippen molar-refractivity contribution in [3.05, 3.63) is 70.2 Å². The molecule has 1 heterocycles. The van der Waals surface area contributed by atoms with Crippen molar-refractivity contribution >= 4 is 35.1 Å². The molecule has 0 radical (unpaired) electrons. The molecule has 0 aromatic heterocycles. The van der Waals surface area contributed by atoms with E-state index < -0.39 is 23.8 Å². The average Bonchev–Trinajstić information content (AvgIpc) is 3.49. The number of Topliss-reactive ketones (excluding diaryl/α,β-unsaturated/α-hetero) is 1. The topological polar surface area (TPSA) is 74.8 Å². The van der Waals surface area contributed by atoms with Gasteiger partial charge in [0.25, 0.3) is 17.7 Å². The maximum atomic E-state index is 13.6. The number of hydrogen-bond acceptors (Lipinski definition) is 4. The van der Waals surface area contributed by atoms with Gasteiger partial charge in [0, 0.05) is 16.1 Å². The molecule has 0 spiro atoms. The fourth-order valence-corrected chi connectivity index (χ4v) is 5.97. The Morgan fingerprint density at radius 1 is 0.909 bits per heavy atom. The second kappa shape index (κ2) is 8.10. The van der Waals surface area contributed by atoms with Crippen LogP contribution in [0.3, 0.4) is 0 Å². The van der Waals surface area contributed by atoms with Crippen molar-refractivity contribution in [1.29, 1.82) is 0 Å². The maximum absolute atomic E-state index is 13.6. The molecule has 1 aliphatic heterocycles. The number of carbonyl (C=O) groups is 4. The van der Waals surface area contributed by atoms with E-state index in [9.17, 15) is 19.2 Å². The van der Waals surface area contributed by atoms with Crippen molar-refractivity contribution in [3.8, 4) is 0 Å². The second-order valence-corrected chi connectivity index (χ2v) is 9.87. The van der Waals surface area contributed by atoms with Crippen molar-refractivity contribution in [2.45, 2.75) is 39.2 Å². The van der Waals surface area contributed by atoms with E-state index in [1.165, 1.54) is 12.1 Å². The van der Waals surface area contributed by atoms with Gasteiger partial charge in [0.2, 0.25) is 0 Å². The summed E-state index contributed by atoms with van der Waals surface area (Å²) in [7, 11) is 0. The van der Waals surface area contributed by atoms with E-state index in [1.54, 1.807) is 31.2 Å². The fraction of sp³-hybridized carbons (Fsp3) is 0.385. The lowest BCUT2D eigenvalue weighted by molar-refractivity contribution is -0.157. The Morgan fingerprint density at radius 3 is 1.97 bits per heavy atom. The Bertz CT molecular complexity index is 1120. The number of nitrogens with zero attached hydrogens (tertiary/aromatic N) is 2. The number of hydrogen-bond donors (Lipinski definition) is 0. The quantitative estimate of drug-likeness (QED) is 0.488. The van der Waals surface area contributed by atoms with Crippen molar-refractivity contribution in [2.75, 3.05) is 0 Å². The van der Waals surface area contributed by atoms with E-state index in [1.807, 2.05) is 19.1 Å². The number of benzene rings is 2. The first-order chi connectivity index (χ1) is 15.8. The molecule has 5 rings (SSSR count). The molecule has 5 atom stereocenters. The number of hydrazine groups is 1. The van der Waals surface area contributed by atoms with Crippen LogP contribution in [0.2, 0.25) is 5.02 Å². The van der Waals surface area contributed by atoms with Gasteiger partial charge >= 0.3 is 0 Å². The highest BCUT2D eigenvalue weighted by Gasteiger charge is 2.63. The highest BCUT2D eigenvalue weighted by atomic mass is 35.5. The van der Waals surface area contributed by atoms with Crippen molar-refractivity contribution in [2.24, 2.45) is 23.7 Å². The van der Waals surface area contributed by atoms with Crippen LogP contribution in [0.25, 0.3) is 0 Å². The van der Waals surface area contributed by atoms with E-state index in [0.29, 0.717) is 10.6 Å². The highest BCUT2D eigenvalue weighted by Crippen LogP contribution is 2.56. The molecule has 2 saturated carbocycles. The molecule has 33 heavy (non-hydrogen) atoms. The smallest absolute Gasteiger partial charge is 0.273 e. The van der Waals surface area contributed by atoms with Crippen LogP contribution in [0.15, 0.2) is 48.5 Å². The first-order valence-corrected chi connectivity index (χ1v) is 11.7. The summed E-state index contributed by atoms with van der Waals surface area (Å²) in [5, 5.41) is 2.52. The highest BCUT2D eigenvalue weighted by molar-refractivity contribution is 6.30. The maximum Gasteiger partial charge on any atom is 0.273 e. The van der Waals surface area contributed by atoms with Gasteiger partial charge in [0.15, 0.2) is 5.78 Å². The van der Waals surface area contributed by atoms with Crippen LogP contribution in [0.5, 0.6) is 0 Å². The molecule has 3 amide bonds. The zero-order valence-corrected chi connectivity index (χ0v) is 19.3. The normalized spacial score (nSPS) is 26.5. The van der Waals surface area contributed by atoms with Crippen molar-refractivity contribution in [3.63, 3.8) is 0 Å². The summed E-state index contributed by atoms with van der Waals surface area (Å²) in [6.45, 7) is 3.49. The van der Waals surface area contributed by atoms with Crippen LogP contribution in [0, 0.1) is 30.6 Å². The van der Waals surface area contributed by atoms with Gasteiger partial charge in [-0.1, -0.05) is 41.4 Å². The minimum absolute atomic E-state index is 0.178. The van der Waals surface area contributed by atoms with Crippen LogP contribution < -0.4 is 0 Å². The molecule has 1 saturated heterocycles. The number of carbonyl (C=O) groups excluding carboxylic acids is 4. The fourth-order valence-electron chi connectivity index (χ4n) is 5.84. The molecule has 2 aromatic carbocycles. The summed E-state index contributed by atoms with van der Waals surface area (Å²) in [5.41, 5.74) is 1.67. The summed E-state index contributed by atoms with van der Waals surface area (Å²) in [4.78, 5) is 54.0. The summed E-state index contributed by atoms with van der Waals surface area (Å²) in [5.74, 6) is -2.05. The second-order valence-electron chi connectivity index (χ2n) is 9.44. The van der Waals surface area contributed by atoms with Gasteiger partial charge in [-0.05, 0) is 69.2 Å². The van der Waals surface area contributed by atoms with Gasteiger partial charge in [0.05, 0.1) is 11.8 Å². The molecule has 170 valence electrons. The number of ketones is 1. The Hall–Kier alpha value is -2.99. The molecule has 2 aliphatic carbocycles. The molecule has 0 N–H and O–H groups in total. The summed E-state index contributed by atoms with van der Waals surface area (Å²) >= 11 is 5.98. The van der Waals surface area contributed by atoms with E-state index in [2.05, 4.69) is 0 Å².